The van der Waals surface area contributed by atoms with Crippen LogP contribution in [-0.2, 0) is 4.79 Å². The monoisotopic (exact) mass is 418 g/mol. The van der Waals surface area contributed by atoms with E-state index in [9.17, 15) is 4.79 Å². The van der Waals surface area contributed by atoms with Crippen molar-refractivity contribution in [1.29, 1.82) is 0 Å². The van der Waals surface area contributed by atoms with Crippen LogP contribution in [0.15, 0.2) is 41.1 Å². The van der Waals surface area contributed by atoms with Crippen LogP contribution in [0.3, 0.4) is 0 Å². The van der Waals surface area contributed by atoms with Crippen LogP contribution < -0.4 is 9.64 Å². The van der Waals surface area contributed by atoms with E-state index in [-0.39, 0.29) is 17.9 Å². The number of carbonyl (C=O) groups excluding carboxylic acids is 1. The number of halogens is 1. The summed E-state index contributed by atoms with van der Waals surface area (Å²) < 4.78 is 6.87. The van der Waals surface area contributed by atoms with Crippen LogP contribution in [0.5, 0.6) is 5.75 Å². The minimum atomic E-state index is 0.140. The Morgan fingerprint density at radius 3 is 2.46 bits per heavy atom. The zero-order valence-electron chi connectivity index (χ0n) is 15.2. The van der Waals surface area contributed by atoms with E-state index in [1.54, 1.807) is 31.4 Å². The lowest BCUT2D eigenvalue weighted by molar-refractivity contribution is -0.129. The largest absolute Gasteiger partial charge is 0.487 e. The highest BCUT2D eigenvalue weighted by Crippen LogP contribution is 2.25. The van der Waals surface area contributed by atoms with Crippen molar-refractivity contribution in [3.8, 4) is 5.75 Å². The Kier molecular flexibility index (Phi) is 5.76. The Morgan fingerprint density at radius 1 is 1.27 bits per heavy atom. The highest BCUT2D eigenvalue weighted by Gasteiger charge is 2.30. The maximum atomic E-state index is 11.8. The number of nitrogens with zero attached hydrogens (tertiary/aromatic N) is 4. The second-order valence-corrected chi connectivity index (χ2v) is 7.72. The van der Waals surface area contributed by atoms with Gasteiger partial charge in [0.1, 0.15) is 11.9 Å². The van der Waals surface area contributed by atoms with Crippen molar-refractivity contribution in [3.05, 3.63) is 46.7 Å². The summed E-state index contributed by atoms with van der Waals surface area (Å²) in [7, 11) is 3.57. The van der Waals surface area contributed by atoms with Crippen molar-refractivity contribution in [2.45, 2.75) is 25.4 Å². The molecule has 1 aromatic heterocycles. The van der Waals surface area contributed by atoms with E-state index < -0.39 is 0 Å². The summed E-state index contributed by atoms with van der Waals surface area (Å²) in [5.41, 5.74) is 1.14. The van der Waals surface area contributed by atoms with E-state index in [2.05, 4.69) is 37.7 Å². The predicted molar refractivity (Wildman–Crippen MR) is 105 cm³/mol. The molecule has 6 nitrogen and oxygen atoms in total. The molecule has 1 aliphatic rings. The number of carbonyl (C=O) groups is 1. The molecule has 1 amide bonds. The number of hydrogen-bond donors (Lipinski definition) is 0. The molecule has 3 rings (SSSR count). The van der Waals surface area contributed by atoms with Crippen LogP contribution in [0.2, 0.25) is 0 Å². The molecule has 2 aromatic rings. The lowest BCUT2D eigenvalue weighted by Gasteiger charge is -2.38. The molecule has 0 unspecified atom stereocenters. The van der Waals surface area contributed by atoms with E-state index in [0.717, 1.165) is 34.8 Å². The van der Waals surface area contributed by atoms with Gasteiger partial charge in [-0.05, 0) is 39.5 Å². The van der Waals surface area contributed by atoms with Gasteiger partial charge in [-0.3, -0.25) is 4.79 Å². The molecule has 0 aliphatic carbocycles. The third kappa shape index (κ3) is 4.52. The summed E-state index contributed by atoms with van der Waals surface area (Å²) in [6, 6.07) is 8.03. The van der Waals surface area contributed by atoms with Crippen LogP contribution in [0.1, 0.15) is 24.8 Å². The summed E-state index contributed by atoms with van der Waals surface area (Å²) in [4.78, 5) is 24.1. The molecule has 0 bridgehead atoms. The average molecular weight is 419 g/mol. The smallest absolute Gasteiger partial charge is 0.225 e. The van der Waals surface area contributed by atoms with Gasteiger partial charge in [0.25, 0.3) is 0 Å². The molecule has 26 heavy (non-hydrogen) atoms. The summed E-state index contributed by atoms with van der Waals surface area (Å²) in [6.07, 6.45) is 4.15. The fourth-order valence-corrected chi connectivity index (χ4v) is 2.98. The van der Waals surface area contributed by atoms with E-state index >= 15 is 0 Å². The van der Waals surface area contributed by atoms with Gasteiger partial charge >= 0.3 is 0 Å². The first-order valence-corrected chi connectivity index (χ1v) is 9.41. The van der Waals surface area contributed by atoms with Crippen LogP contribution in [0.4, 0.5) is 5.95 Å². The Labute approximate surface area is 162 Å². The predicted octanol–water partition coefficient (Wildman–Crippen LogP) is 3.09. The van der Waals surface area contributed by atoms with Gasteiger partial charge in [-0.1, -0.05) is 19.1 Å². The number of rotatable bonds is 6. The molecule has 1 saturated heterocycles. The molecular formula is C19H23BrN4O2. The number of anilines is 1. The maximum absolute atomic E-state index is 11.8. The van der Waals surface area contributed by atoms with Crippen LogP contribution in [0, 0.1) is 0 Å². The third-order valence-corrected chi connectivity index (χ3v) is 4.88. The molecule has 0 saturated carbocycles. The van der Waals surface area contributed by atoms with Gasteiger partial charge in [-0.25, -0.2) is 9.97 Å². The molecule has 1 aliphatic heterocycles. The van der Waals surface area contributed by atoms with Crippen molar-refractivity contribution in [2.24, 2.45) is 0 Å². The van der Waals surface area contributed by atoms with Gasteiger partial charge in [-0.2, -0.15) is 0 Å². The molecule has 1 fully saturated rings. The molecular weight excluding hydrogens is 396 g/mol. The molecule has 1 aromatic carbocycles. The van der Waals surface area contributed by atoms with Crippen molar-refractivity contribution >= 4 is 27.8 Å². The number of benzene rings is 1. The van der Waals surface area contributed by atoms with E-state index in [4.69, 9.17) is 4.74 Å². The lowest BCUT2D eigenvalue weighted by Crippen LogP contribution is -2.54. The quantitative estimate of drug-likeness (QED) is 0.721. The molecule has 0 radical (unpaired) electrons. The van der Waals surface area contributed by atoms with Crippen molar-refractivity contribution in [1.82, 2.24) is 14.9 Å². The average Bonchev–Trinajstić information content (AvgIpc) is 2.59. The minimum absolute atomic E-state index is 0.140. The van der Waals surface area contributed by atoms with Crippen LogP contribution in [0.25, 0.3) is 0 Å². The van der Waals surface area contributed by atoms with Gasteiger partial charge in [0.15, 0.2) is 0 Å². The Balaban J connectivity index is 1.49. The van der Waals surface area contributed by atoms with Crippen LogP contribution in [-0.4, -0.2) is 54.1 Å². The zero-order valence-corrected chi connectivity index (χ0v) is 16.8. The van der Waals surface area contributed by atoms with E-state index in [1.807, 2.05) is 24.3 Å². The Bertz CT molecular complexity index is 743. The first kappa shape index (κ1) is 18.6. The van der Waals surface area contributed by atoms with Gasteiger partial charge in [-0.15, -0.1) is 0 Å². The topological polar surface area (TPSA) is 58.6 Å². The van der Waals surface area contributed by atoms with Crippen LogP contribution >= 0.6 is 15.9 Å². The summed E-state index contributed by atoms with van der Waals surface area (Å²) in [6.45, 7) is 3.62. The molecule has 138 valence electrons. The minimum Gasteiger partial charge on any atom is -0.487 e. The van der Waals surface area contributed by atoms with E-state index in [0.29, 0.717) is 6.42 Å². The summed E-state index contributed by atoms with van der Waals surface area (Å²) in [5, 5.41) is 0. The zero-order chi connectivity index (χ0) is 18.7. The van der Waals surface area contributed by atoms with Gasteiger partial charge in [0, 0.05) is 32.9 Å². The van der Waals surface area contributed by atoms with Crippen molar-refractivity contribution in [2.75, 3.05) is 32.1 Å². The van der Waals surface area contributed by atoms with Crippen molar-refractivity contribution in [3.63, 3.8) is 0 Å². The molecule has 2 heterocycles. The normalized spacial score (nSPS) is 15.3. The number of ether oxygens (including phenoxy) is 1. The van der Waals surface area contributed by atoms with Gasteiger partial charge < -0.3 is 14.5 Å². The fourth-order valence-electron chi connectivity index (χ4n) is 2.77. The second kappa shape index (κ2) is 8.03. The highest BCUT2D eigenvalue weighted by atomic mass is 79.9. The molecule has 0 N–H and O–H groups in total. The first-order valence-electron chi connectivity index (χ1n) is 8.61. The first-order chi connectivity index (χ1) is 12.4. The van der Waals surface area contributed by atoms with Gasteiger partial charge in [0.05, 0.1) is 17.6 Å². The SMILES string of the molecule is C[C@H](CC(=O)N(C)C)c1ccc(OC2CN(c3ncc(Br)cn3)C2)cc1. The highest BCUT2D eigenvalue weighted by molar-refractivity contribution is 9.10. The van der Waals surface area contributed by atoms with E-state index in [1.165, 1.54) is 0 Å². The third-order valence-electron chi connectivity index (χ3n) is 4.47. The number of hydrogen-bond acceptors (Lipinski definition) is 5. The maximum Gasteiger partial charge on any atom is 0.225 e. The molecule has 1 atom stereocenters. The summed E-state index contributed by atoms with van der Waals surface area (Å²) in [5.74, 6) is 1.90. The number of amides is 1. The standard InChI is InChI=1S/C19H23BrN4O2/c1-13(8-18(25)23(2)3)14-4-6-16(7-5-14)26-17-11-24(12-17)19-21-9-15(20)10-22-19/h4-7,9-10,13,17H,8,11-12H2,1-3H3/t13-/m1/s1. The number of aromatic nitrogens is 2. The van der Waals surface area contributed by atoms with Gasteiger partial charge in [0.2, 0.25) is 11.9 Å². The molecule has 7 heteroatoms. The second-order valence-electron chi connectivity index (χ2n) is 6.81. The van der Waals surface area contributed by atoms with Crippen molar-refractivity contribution < 1.29 is 9.53 Å². The fraction of sp³-hybridized carbons (Fsp3) is 0.421. The lowest BCUT2D eigenvalue weighted by atomic mass is 9.97. The Hall–Kier alpha value is -2.15. The summed E-state index contributed by atoms with van der Waals surface area (Å²) >= 11 is 3.34. The molecule has 0 spiro atoms. The Morgan fingerprint density at radius 2 is 1.88 bits per heavy atom.